The SMILES string of the molecule is C=C1CC[C@@]2(O)C3Cc4ccc(OCOC(=O)CCCCCCCCCCCCC)c5c4[C@@]2(CCN3CC2CC2)[C@@]1(O)O5. The molecular formula is C36H53NO6. The predicted molar refractivity (Wildman–Crippen MR) is 166 cm³/mol. The highest BCUT2D eigenvalue weighted by molar-refractivity contribution is 5.69. The van der Waals surface area contributed by atoms with Crippen molar-refractivity contribution in [2.24, 2.45) is 5.92 Å². The Morgan fingerprint density at radius 1 is 1.02 bits per heavy atom. The Hall–Kier alpha value is -2.09. The second kappa shape index (κ2) is 12.7. The number of ether oxygens (including phenoxy) is 3. The van der Waals surface area contributed by atoms with Crippen LogP contribution in [-0.4, -0.2) is 58.4 Å². The van der Waals surface area contributed by atoms with Gasteiger partial charge in [-0.05, 0) is 74.6 Å². The van der Waals surface area contributed by atoms with Crippen molar-refractivity contribution in [1.29, 1.82) is 0 Å². The van der Waals surface area contributed by atoms with Gasteiger partial charge in [-0.3, -0.25) is 9.69 Å². The zero-order valence-electron chi connectivity index (χ0n) is 26.3. The number of rotatable bonds is 17. The minimum atomic E-state index is -1.69. The number of aliphatic hydroxyl groups is 2. The summed E-state index contributed by atoms with van der Waals surface area (Å²) >= 11 is 0. The smallest absolute Gasteiger partial charge is 0.308 e. The Labute approximate surface area is 258 Å². The summed E-state index contributed by atoms with van der Waals surface area (Å²) in [6, 6.07) is 3.84. The van der Waals surface area contributed by atoms with Gasteiger partial charge in [-0.15, -0.1) is 0 Å². The van der Waals surface area contributed by atoms with Crippen molar-refractivity contribution < 1.29 is 29.2 Å². The number of hydrogen-bond acceptors (Lipinski definition) is 7. The molecule has 7 nitrogen and oxygen atoms in total. The van der Waals surface area contributed by atoms with Crippen LogP contribution in [0.2, 0.25) is 0 Å². The van der Waals surface area contributed by atoms with Gasteiger partial charge in [-0.25, -0.2) is 0 Å². The highest BCUT2D eigenvalue weighted by Gasteiger charge is 2.78. The first-order valence-corrected chi connectivity index (χ1v) is 17.3. The number of likely N-dealkylation sites (tertiary alicyclic amines) is 1. The molecule has 0 amide bonds. The molecule has 3 fully saturated rings. The highest BCUT2D eigenvalue weighted by atomic mass is 16.7. The van der Waals surface area contributed by atoms with Crippen molar-refractivity contribution in [3.8, 4) is 11.5 Å². The van der Waals surface area contributed by atoms with E-state index >= 15 is 0 Å². The van der Waals surface area contributed by atoms with Crippen LogP contribution in [0.15, 0.2) is 24.3 Å². The number of carbonyl (C=O) groups is 1. The molecule has 1 spiro atoms. The number of unbranched alkanes of at least 4 members (excludes halogenated alkanes) is 10. The first-order valence-electron chi connectivity index (χ1n) is 17.3. The monoisotopic (exact) mass is 595 g/mol. The van der Waals surface area contributed by atoms with Crippen LogP contribution in [0.5, 0.6) is 11.5 Å². The molecule has 2 N–H and O–H groups in total. The van der Waals surface area contributed by atoms with Crippen molar-refractivity contribution in [3.05, 3.63) is 35.4 Å². The summed E-state index contributed by atoms with van der Waals surface area (Å²) in [5, 5.41) is 24.7. The lowest BCUT2D eigenvalue weighted by Gasteiger charge is -2.65. The molecule has 0 aromatic heterocycles. The Bertz CT molecular complexity index is 1180. The zero-order chi connectivity index (χ0) is 30.1. The van der Waals surface area contributed by atoms with Crippen molar-refractivity contribution in [2.75, 3.05) is 19.9 Å². The molecule has 1 aromatic rings. The molecule has 43 heavy (non-hydrogen) atoms. The van der Waals surface area contributed by atoms with Gasteiger partial charge >= 0.3 is 5.97 Å². The fourth-order valence-electron chi connectivity index (χ4n) is 8.72. The van der Waals surface area contributed by atoms with Crippen LogP contribution in [0.4, 0.5) is 0 Å². The normalized spacial score (nSPS) is 30.6. The van der Waals surface area contributed by atoms with E-state index in [0.717, 1.165) is 49.4 Å². The van der Waals surface area contributed by atoms with Crippen LogP contribution < -0.4 is 9.47 Å². The van der Waals surface area contributed by atoms with Gasteiger partial charge in [-0.1, -0.05) is 83.8 Å². The van der Waals surface area contributed by atoms with Crippen LogP contribution >= 0.6 is 0 Å². The van der Waals surface area contributed by atoms with Crippen LogP contribution in [0.1, 0.15) is 127 Å². The maximum atomic E-state index is 12.5. The van der Waals surface area contributed by atoms with E-state index in [1.807, 2.05) is 12.1 Å². The van der Waals surface area contributed by atoms with Crippen LogP contribution in [0.3, 0.4) is 0 Å². The van der Waals surface area contributed by atoms with E-state index in [1.54, 1.807) is 0 Å². The van der Waals surface area contributed by atoms with Crippen molar-refractivity contribution in [3.63, 3.8) is 0 Å². The van der Waals surface area contributed by atoms with Crippen molar-refractivity contribution in [1.82, 2.24) is 4.90 Å². The summed E-state index contributed by atoms with van der Waals surface area (Å²) in [6.07, 6.45) is 18.9. The van der Waals surface area contributed by atoms with Gasteiger partial charge in [0, 0.05) is 24.6 Å². The molecule has 6 rings (SSSR count). The molecule has 3 aliphatic carbocycles. The summed E-state index contributed by atoms with van der Waals surface area (Å²) in [4.78, 5) is 14.9. The third-order valence-corrected chi connectivity index (χ3v) is 11.3. The summed E-state index contributed by atoms with van der Waals surface area (Å²) in [6.45, 7) is 8.09. The summed E-state index contributed by atoms with van der Waals surface area (Å²) < 4.78 is 17.8. The van der Waals surface area contributed by atoms with Gasteiger partial charge in [-0.2, -0.15) is 0 Å². The lowest BCUT2D eigenvalue weighted by atomic mass is 9.47. The number of piperidine rings is 1. The van der Waals surface area contributed by atoms with Crippen molar-refractivity contribution in [2.45, 2.75) is 145 Å². The molecule has 1 unspecified atom stereocenters. The summed E-state index contributed by atoms with van der Waals surface area (Å²) in [5.41, 5.74) is 0.476. The van der Waals surface area contributed by atoms with Gasteiger partial charge in [0.2, 0.25) is 12.6 Å². The lowest BCUT2D eigenvalue weighted by molar-refractivity contribution is -0.262. The summed E-state index contributed by atoms with van der Waals surface area (Å²) in [5.74, 6) is -0.317. The maximum absolute atomic E-state index is 12.5. The van der Waals surface area contributed by atoms with E-state index in [0.29, 0.717) is 49.2 Å². The Kier molecular flexibility index (Phi) is 9.15. The minimum Gasteiger partial charge on any atom is -0.453 e. The van der Waals surface area contributed by atoms with Crippen molar-refractivity contribution >= 4 is 5.97 Å². The molecule has 1 saturated heterocycles. The molecule has 2 heterocycles. The van der Waals surface area contributed by atoms with E-state index in [2.05, 4.69) is 18.4 Å². The van der Waals surface area contributed by atoms with Gasteiger partial charge in [0.15, 0.2) is 11.5 Å². The molecule has 7 heteroatoms. The van der Waals surface area contributed by atoms with Gasteiger partial charge in [0.25, 0.3) is 0 Å². The second-order valence-corrected chi connectivity index (χ2v) is 14.1. The molecule has 4 atom stereocenters. The van der Waals surface area contributed by atoms with E-state index in [9.17, 15) is 15.0 Å². The van der Waals surface area contributed by atoms with E-state index in [-0.39, 0.29) is 18.8 Å². The molecule has 2 bridgehead atoms. The van der Waals surface area contributed by atoms with Crippen LogP contribution in [-0.2, 0) is 21.4 Å². The van der Waals surface area contributed by atoms with E-state index < -0.39 is 16.8 Å². The average molecular weight is 596 g/mol. The Balaban J connectivity index is 1.03. The Morgan fingerprint density at radius 2 is 1.72 bits per heavy atom. The third kappa shape index (κ3) is 5.52. The molecule has 238 valence electrons. The maximum Gasteiger partial charge on any atom is 0.308 e. The largest absolute Gasteiger partial charge is 0.453 e. The molecule has 2 saturated carbocycles. The van der Waals surface area contributed by atoms with Gasteiger partial charge in [0.1, 0.15) is 5.41 Å². The quantitative estimate of drug-likeness (QED) is 0.0896. The first-order chi connectivity index (χ1) is 20.8. The highest BCUT2D eigenvalue weighted by Crippen LogP contribution is 2.69. The molecule has 1 aromatic carbocycles. The lowest BCUT2D eigenvalue weighted by Crippen LogP contribution is -2.79. The fourth-order valence-corrected chi connectivity index (χ4v) is 8.72. The topological polar surface area (TPSA) is 88.5 Å². The third-order valence-electron chi connectivity index (χ3n) is 11.3. The standard InChI is InChI=1S/C36H53NO6/c1-3-4-5-6-7-8-9-10-11-12-13-14-31(38)42-25-41-29-18-17-28-23-30-35(39)20-19-26(2)36(40)34(35,32(28)33(29)43-36)21-22-37(30)24-27-15-16-27/h17-18,27,30,39-40H,2-16,19-25H2,1H3/t30?,34-,35-,36+/m1/s1. The minimum absolute atomic E-state index is 0.0632. The number of carbonyl (C=O) groups excluding carboxylic acids is 1. The molecule has 0 radical (unpaired) electrons. The second-order valence-electron chi connectivity index (χ2n) is 14.1. The number of esters is 1. The number of benzene rings is 1. The number of hydrogen-bond donors (Lipinski definition) is 2. The average Bonchev–Trinajstić information content (AvgIpc) is 3.76. The number of nitrogens with zero attached hydrogens (tertiary/aromatic N) is 1. The van der Waals surface area contributed by atoms with Crippen LogP contribution in [0, 0.1) is 5.92 Å². The molecular weight excluding hydrogens is 542 g/mol. The molecule has 2 aliphatic heterocycles. The predicted octanol–water partition coefficient (Wildman–Crippen LogP) is 6.71. The first kappa shape index (κ1) is 30.9. The van der Waals surface area contributed by atoms with Gasteiger partial charge < -0.3 is 24.4 Å². The van der Waals surface area contributed by atoms with Gasteiger partial charge in [0.05, 0.1) is 5.60 Å². The fraction of sp³-hybridized carbons (Fsp3) is 0.750. The summed E-state index contributed by atoms with van der Waals surface area (Å²) in [7, 11) is 0. The van der Waals surface area contributed by atoms with Crippen LogP contribution in [0.25, 0.3) is 0 Å². The molecule has 5 aliphatic rings. The van der Waals surface area contributed by atoms with E-state index in [4.69, 9.17) is 14.2 Å². The van der Waals surface area contributed by atoms with E-state index in [1.165, 1.54) is 64.2 Å². The Morgan fingerprint density at radius 3 is 2.42 bits per heavy atom. The zero-order valence-corrected chi connectivity index (χ0v) is 26.3.